The number of nitrogens with one attached hydrogen (secondary N) is 1. The van der Waals surface area contributed by atoms with Crippen molar-refractivity contribution in [2.45, 2.75) is 19.8 Å². The lowest BCUT2D eigenvalue weighted by atomic mass is 10.0. The molecule has 0 saturated carbocycles. The molecular formula is C15H14F2N2O2. The van der Waals surface area contributed by atoms with Gasteiger partial charge in [0.05, 0.1) is 6.20 Å². The highest BCUT2D eigenvalue weighted by Crippen LogP contribution is 2.28. The first-order valence-electron chi connectivity index (χ1n) is 6.33. The van der Waals surface area contributed by atoms with Gasteiger partial charge in [-0.05, 0) is 35.7 Å². The normalized spacial score (nSPS) is 10.7. The lowest BCUT2D eigenvalue weighted by Gasteiger charge is -2.15. The maximum absolute atomic E-state index is 13.3. The zero-order valence-electron chi connectivity index (χ0n) is 11.5. The number of aromatic nitrogens is 1. The Labute approximate surface area is 120 Å². The Balaban J connectivity index is 2.46. The Kier molecular flexibility index (Phi) is 4.16. The van der Waals surface area contributed by atoms with Crippen molar-refractivity contribution in [3.8, 4) is 0 Å². The summed E-state index contributed by atoms with van der Waals surface area (Å²) in [4.78, 5) is 14.9. The van der Waals surface area contributed by atoms with Crippen molar-refractivity contribution in [2.24, 2.45) is 0 Å². The molecule has 0 aliphatic carbocycles. The van der Waals surface area contributed by atoms with E-state index in [1.165, 1.54) is 18.2 Å². The van der Waals surface area contributed by atoms with E-state index in [4.69, 9.17) is 5.11 Å². The first-order valence-corrected chi connectivity index (χ1v) is 6.33. The van der Waals surface area contributed by atoms with Crippen LogP contribution in [0.4, 0.5) is 20.3 Å². The number of nitrogens with zero attached hydrogens (tertiary/aromatic N) is 1. The molecule has 0 unspecified atom stereocenters. The summed E-state index contributed by atoms with van der Waals surface area (Å²) in [5.41, 5.74) is 0.930. The second-order valence-corrected chi connectivity index (χ2v) is 4.87. The fourth-order valence-corrected chi connectivity index (χ4v) is 1.95. The quantitative estimate of drug-likeness (QED) is 0.896. The van der Waals surface area contributed by atoms with Crippen LogP contribution in [0.1, 0.15) is 35.7 Å². The van der Waals surface area contributed by atoms with Gasteiger partial charge in [-0.15, -0.1) is 0 Å². The zero-order chi connectivity index (χ0) is 15.6. The minimum Gasteiger partial charge on any atom is -0.478 e. The number of pyridine rings is 1. The van der Waals surface area contributed by atoms with Crippen LogP contribution < -0.4 is 5.32 Å². The molecule has 110 valence electrons. The Morgan fingerprint density at radius 3 is 2.57 bits per heavy atom. The van der Waals surface area contributed by atoms with E-state index in [9.17, 15) is 13.6 Å². The van der Waals surface area contributed by atoms with Crippen molar-refractivity contribution in [3.05, 3.63) is 53.2 Å². The van der Waals surface area contributed by atoms with Crippen LogP contribution in [-0.4, -0.2) is 16.1 Å². The molecule has 0 aliphatic rings. The predicted molar refractivity (Wildman–Crippen MR) is 74.9 cm³/mol. The summed E-state index contributed by atoms with van der Waals surface area (Å²) in [6.45, 7) is 3.77. The molecule has 6 heteroatoms. The molecule has 0 aliphatic heterocycles. The van der Waals surface area contributed by atoms with Crippen molar-refractivity contribution in [1.82, 2.24) is 4.98 Å². The molecule has 0 spiro atoms. The van der Waals surface area contributed by atoms with Gasteiger partial charge in [-0.2, -0.15) is 0 Å². The predicted octanol–water partition coefficient (Wildman–Crippen LogP) is 3.93. The third kappa shape index (κ3) is 3.34. The number of halogens is 2. The fourth-order valence-electron chi connectivity index (χ4n) is 1.95. The summed E-state index contributed by atoms with van der Waals surface area (Å²) in [6.07, 6.45) is 0.924. The van der Waals surface area contributed by atoms with Gasteiger partial charge in [-0.3, -0.25) is 0 Å². The third-order valence-corrected chi connectivity index (χ3v) is 2.97. The number of carbonyl (C=O) groups is 1. The van der Waals surface area contributed by atoms with E-state index in [0.29, 0.717) is 11.3 Å². The van der Waals surface area contributed by atoms with Crippen molar-refractivity contribution in [2.75, 3.05) is 5.32 Å². The Hall–Kier alpha value is -2.50. The molecule has 2 rings (SSSR count). The fraction of sp³-hybridized carbons (Fsp3) is 0.200. The lowest BCUT2D eigenvalue weighted by Crippen LogP contribution is -2.07. The highest BCUT2D eigenvalue weighted by Gasteiger charge is 2.15. The number of hydrogen-bond donors (Lipinski definition) is 2. The molecular weight excluding hydrogens is 278 g/mol. The van der Waals surface area contributed by atoms with Gasteiger partial charge in [-0.1, -0.05) is 13.8 Å². The van der Waals surface area contributed by atoms with E-state index in [1.54, 1.807) is 0 Å². The van der Waals surface area contributed by atoms with E-state index < -0.39 is 11.8 Å². The van der Waals surface area contributed by atoms with Gasteiger partial charge in [0.2, 0.25) is 0 Å². The maximum Gasteiger partial charge on any atom is 0.339 e. The molecule has 1 aromatic heterocycles. The minimum absolute atomic E-state index is 0.0115. The van der Waals surface area contributed by atoms with Crippen molar-refractivity contribution >= 4 is 17.5 Å². The lowest BCUT2D eigenvalue weighted by molar-refractivity contribution is 0.0697. The zero-order valence-corrected chi connectivity index (χ0v) is 11.5. The summed E-state index contributed by atoms with van der Waals surface area (Å²) in [5, 5.41) is 11.9. The van der Waals surface area contributed by atoms with Gasteiger partial charge in [0, 0.05) is 5.69 Å². The molecule has 0 fully saturated rings. The van der Waals surface area contributed by atoms with Gasteiger partial charge < -0.3 is 10.4 Å². The van der Waals surface area contributed by atoms with Crippen LogP contribution in [0.5, 0.6) is 0 Å². The number of carboxylic acids is 1. The van der Waals surface area contributed by atoms with Crippen LogP contribution in [0.2, 0.25) is 0 Å². The van der Waals surface area contributed by atoms with Crippen molar-refractivity contribution in [3.63, 3.8) is 0 Å². The van der Waals surface area contributed by atoms with Gasteiger partial charge in [0.15, 0.2) is 0 Å². The smallest absolute Gasteiger partial charge is 0.339 e. The van der Waals surface area contributed by atoms with E-state index in [2.05, 4.69) is 10.3 Å². The standard InChI is InChI=1S/C15H14F2N2O2/c1-8(2)11-5-9(16)3-4-13(11)19-14-12(15(20)21)6-10(17)7-18-14/h3-8H,1-2H3,(H,18,19)(H,20,21). The average molecular weight is 292 g/mol. The Morgan fingerprint density at radius 2 is 1.95 bits per heavy atom. The Bertz CT molecular complexity index is 687. The molecule has 1 heterocycles. The number of rotatable bonds is 4. The second kappa shape index (κ2) is 5.87. The van der Waals surface area contributed by atoms with E-state index >= 15 is 0 Å². The average Bonchev–Trinajstić information content (AvgIpc) is 2.42. The first kappa shape index (κ1) is 14.9. The highest BCUT2D eigenvalue weighted by atomic mass is 19.1. The van der Waals surface area contributed by atoms with Crippen molar-refractivity contribution < 1.29 is 18.7 Å². The monoisotopic (exact) mass is 292 g/mol. The van der Waals surface area contributed by atoms with Gasteiger partial charge in [0.25, 0.3) is 0 Å². The van der Waals surface area contributed by atoms with E-state index in [1.807, 2.05) is 13.8 Å². The largest absolute Gasteiger partial charge is 0.478 e. The minimum atomic E-state index is -1.29. The summed E-state index contributed by atoms with van der Waals surface area (Å²) in [5.74, 6) is -2.37. The van der Waals surface area contributed by atoms with Crippen LogP contribution in [0.25, 0.3) is 0 Å². The summed E-state index contributed by atoms with van der Waals surface area (Å²) >= 11 is 0. The van der Waals surface area contributed by atoms with Gasteiger partial charge >= 0.3 is 5.97 Å². The molecule has 4 nitrogen and oxygen atoms in total. The van der Waals surface area contributed by atoms with Crippen LogP contribution in [0, 0.1) is 11.6 Å². The SMILES string of the molecule is CC(C)c1cc(F)ccc1Nc1ncc(F)cc1C(=O)O. The van der Waals surface area contributed by atoms with Gasteiger partial charge in [-0.25, -0.2) is 18.6 Å². The third-order valence-electron chi connectivity index (χ3n) is 2.97. The molecule has 1 aromatic carbocycles. The number of anilines is 2. The molecule has 0 saturated heterocycles. The summed E-state index contributed by atoms with van der Waals surface area (Å²) in [6, 6.07) is 5.02. The number of hydrogen-bond acceptors (Lipinski definition) is 3. The molecule has 0 bridgehead atoms. The summed E-state index contributed by atoms with van der Waals surface area (Å²) < 4.78 is 26.4. The maximum atomic E-state index is 13.3. The van der Waals surface area contributed by atoms with Crippen LogP contribution in [-0.2, 0) is 0 Å². The van der Waals surface area contributed by atoms with Crippen LogP contribution in [0.15, 0.2) is 30.5 Å². The number of benzene rings is 1. The Morgan fingerprint density at radius 1 is 1.24 bits per heavy atom. The molecule has 0 amide bonds. The summed E-state index contributed by atoms with van der Waals surface area (Å²) in [7, 11) is 0. The highest BCUT2D eigenvalue weighted by molar-refractivity contribution is 5.94. The van der Waals surface area contributed by atoms with Gasteiger partial charge in [0.1, 0.15) is 23.0 Å². The molecule has 2 aromatic rings. The number of carboxylic acid groups (broad SMARTS) is 1. The molecule has 2 N–H and O–H groups in total. The topological polar surface area (TPSA) is 62.2 Å². The van der Waals surface area contributed by atoms with E-state index in [0.717, 1.165) is 12.3 Å². The number of aromatic carboxylic acids is 1. The first-order chi connectivity index (χ1) is 9.88. The second-order valence-electron chi connectivity index (χ2n) is 4.87. The molecule has 0 radical (unpaired) electrons. The molecule has 0 atom stereocenters. The van der Waals surface area contributed by atoms with E-state index in [-0.39, 0.29) is 23.1 Å². The van der Waals surface area contributed by atoms with Crippen LogP contribution in [0.3, 0.4) is 0 Å². The van der Waals surface area contributed by atoms with Crippen molar-refractivity contribution in [1.29, 1.82) is 0 Å². The molecule has 21 heavy (non-hydrogen) atoms. The van der Waals surface area contributed by atoms with Crippen LogP contribution >= 0.6 is 0 Å².